The predicted octanol–water partition coefficient (Wildman–Crippen LogP) is 2.38. The van der Waals surface area contributed by atoms with Crippen molar-refractivity contribution in [3.8, 4) is 0 Å². The predicted molar refractivity (Wildman–Crippen MR) is 84.3 cm³/mol. The minimum absolute atomic E-state index is 0.153. The molecule has 1 saturated heterocycles. The lowest BCUT2D eigenvalue weighted by Gasteiger charge is -2.24. The number of thiazole rings is 1. The van der Waals surface area contributed by atoms with Crippen molar-refractivity contribution in [1.29, 1.82) is 0 Å². The van der Waals surface area contributed by atoms with E-state index in [9.17, 15) is 4.79 Å². The van der Waals surface area contributed by atoms with E-state index in [0.717, 1.165) is 35.9 Å². The quantitative estimate of drug-likeness (QED) is 0.806. The molecule has 1 fully saturated rings. The molecule has 0 aromatic carbocycles. The summed E-state index contributed by atoms with van der Waals surface area (Å²) >= 11 is 1.45. The second kappa shape index (κ2) is 6.39. The van der Waals surface area contributed by atoms with Gasteiger partial charge in [-0.1, -0.05) is 0 Å². The first-order valence-corrected chi connectivity index (χ1v) is 8.17. The molecule has 0 aliphatic carbocycles. The van der Waals surface area contributed by atoms with Crippen molar-refractivity contribution < 1.29 is 9.53 Å². The van der Waals surface area contributed by atoms with Gasteiger partial charge in [0.2, 0.25) is 0 Å². The smallest absolute Gasteiger partial charge is 0.357 e. The average molecular weight is 318 g/mol. The van der Waals surface area contributed by atoms with Gasteiger partial charge in [-0.15, -0.1) is 16.4 Å². The highest BCUT2D eigenvalue weighted by Crippen LogP contribution is 2.23. The van der Waals surface area contributed by atoms with Crippen LogP contribution in [0.1, 0.15) is 34.0 Å². The summed E-state index contributed by atoms with van der Waals surface area (Å²) in [4.78, 5) is 18.3. The Balaban J connectivity index is 1.61. The maximum atomic E-state index is 12.0. The van der Waals surface area contributed by atoms with Gasteiger partial charge in [0, 0.05) is 11.9 Å². The van der Waals surface area contributed by atoms with Crippen LogP contribution in [0.15, 0.2) is 17.5 Å². The zero-order valence-corrected chi connectivity index (χ0v) is 13.5. The fourth-order valence-corrected chi connectivity index (χ4v) is 3.14. The molecule has 2 aromatic heterocycles. The van der Waals surface area contributed by atoms with E-state index in [1.807, 2.05) is 26.0 Å². The van der Waals surface area contributed by atoms with Gasteiger partial charge in [-0.25, -0.2) is 9.78 Å². The Hall–Kier alpha value is -2.02. The molecule has 0 unspecified atom stereocenters. The van der Waals surface area contributed by atoms with E-state index in [0.29, 0.717) is 12.3 Å². The average Bonchev–Trinajstić information content (AvgIpc) is 3.14. The van der Waals surface area contributed by atoms with Gasteiger partial charge in [-0.05, 0) is 38.8 Å². The molecule has 0 bridgehead atoms. The number of aromatic nitrogens is 3. The van der Waals surface area contributed by atoms with Gasteiger partial charge in [-0.2, -0.15) is 5.10 Å². The molecule has 0 spiro atoms. The summed E-state index contributed by atoms with van der Waals surface area (Å²) < 4.78 is 5.42. The summed E-state index contributed by atoms with van der Waals surface area (Å²) in [6.45, 7) is 5.05. The number of ether oxygens (including phenoxy) is 1. The molecule has 0 radical (unpaired) electrons. The van der Waals surface area contributed by atoms with Gasteiger partial charge in [0.25, 0.3) is 0 Å². The van der Waals surface area contributed by atoms with Crippen molar-refractivity contribution >= 4 is 23.1 Å². The van der Waals surface area contributed by atoms with Crippen molar-refractivity contribution in [1.82, 2.24) is 15.2 Å². The number of rotatable bonds is 4. The fourth-order valence-electron chi connectivity index (χ4n) is 2.56. The van der Waals surface area contributed by atoms with Gasteiger partial charge in [0.05, 0.1) is 16.7 Å². The van der Waals surface area contributed by atoms with E-state index in [1.54, 1.807) is 5.38 Å². The molecule has 1 aliphatic heterocycles. The first-order chi connectivity index (χ1) is 10.6. The first kappa shape index (κ1) is 14.9. The highest BCUT2D eigenvalue weighted by atomic mass is 32.1. The minimum atomic E-state index is -0.355. The van der Waals surface area contributed by atoms with E-state index in [4.69, 9.17) is 4.74 Å². The summed E-state index contributed by atoms with van der Waals surface area (Å²) in [7, 11) is 0. The van der Waals surface area contributed by atoms with E-state index >= 15 is 0 Å². The van der Waals surface area contributed by atoms with Crippen molar-refractivity contribution in [2.75, 3.05) is 18.1 Å². The SMILES string of the molecule is Cc1ccc(N2CCC[C@@H]2COC(=O)c2csc(C)n2)nn1. The number of carbonyl (C=O) groups is 1. The van der Waals surface area contributed by atoms with Gasteiger partial charge in [-0.3, -0.25) is 0 Å². The molecule has 1 aliphatic rings. The molecule has 0 saturated carbocycles. The van der Waals surface area contributed by atoms with Crippen LogP contribution < -0.4 is 4.90 Å². The van der Waals surface area contributed by atoms with Crippen molar-refractivity contribution in [2.45, 2.75) is 32.7 Å². The Kier molecular flexibility index (Phi) is 4.33. The van der Waals surface area contributed by atoms with E-state index in [2.05, 4.69) is 20.1 Å². The zero-order chi connectivity index (χ0) is 15.5. The Morgan fingerprint density at radius 2 is 2.27 bits per heavy atom. The van der Waals surface area contributed by atoms with E-state index in [1.165, 1.54) is 11.3 Å². The highest BCUT2D eigenvalue weighted by Gasteiger charge is 2.27. The maximum absolute atomic E-state index is 12.0. The van der Waals surface area contributed by atoms with Crippen LogP contribution in [0.25, 0.3) is 0 Å². The molecular weight excluding hydrogens is 300 g/mol. The van der Waals surface area contributed by atoms with Gasteiger partial charge >= 0.3 is 5.97 Å². The molecule has 3 heterocycles. The van der Waals surface area contributed by atoms with Crippen LogP contribution in [-0.4, -0.2) is 40.3 Å². The van der Waals surface area contributed by atoms with Crippen LogP contribution in [0.4, 0.5) is 5.82 Å². The third kappa shape index (κ3) is 3.24. The number of aryl methyl sites for hydroxylation is 2. The fraction of sp³-hybridized carbons (Fsp3) is 0.467. The highest BCUT2D eigenvalue weighted by molar-refractivity contribution is 7.09. The second-order valence-corrected chi connectivity index (χ2v) is 6.43. The Bertz CT molecular complexity index is 656. The van der Waals surface area contributed by atoms with Gasteiger partial charge in [0.1, 0.15) is 6.61 Å². The van der Waals surface area contributed by atoms with Gasteiger partial charge < -0.3 is 9.64 Å². The molecule has 6 nitrogen and oxygen atoms in total. The summed E-state index contributed by atoms with van der Waals surface area (Å²) in [5.74, 6) is 0.486. The molecule has 0 N–H and O–H groups in total. The summed E-state index contributed by atoms with van der Waals surface area (Å²) in [6, 6.07) is 4.06. The number of nitrogens with zero attached hydrogens (tertiary/aromatic N) is 4. The summed E-state index contributed by atoms with van der Waals surface area (Å²) in [5, 5.41) is 10.9. The number of hydrogen-bond donors (Lipinski definition) is 0. The van der Waals surface area contributed by atoms with E-state index in [-0.39, 0.29) is 12.0 Å². The molecule has 7 heteroatoms. The normalized spacial score (nSPS) is 17.7. The Labute approximate surface area is 133 Å². The number of hydrogen-bond acceptors (Lipinski definition) is 7. The summed E-state index contributed by atoms with van der Waals surface area (Å²) in [5.41, 5.74) is 1.28. The molecular formula is C15H18N4O2S. The van der Waals surface area contributed by atoms with Crippen LogP contribution in [0, 0.1) is 13.8 Å². The third-order valence-corrected chi connectivity index (χ3v) is 4.46. The molecule has 0 amide bonds. The van der Waals surface area contributed by atoms with Crippen LogP contribution in [0.3, 0.4) is 0 Å². The van der Waals surface area contributed by atoms with E-state index < -0.39 is 0 Å². The second-order valence-electron chi connectivity index (χ2n) is 5.37. The maximum Gasteiger partial charge on any atom is 0.357 e. The molecule has 116 valence electrons. The van der Waals surface area contributed by atoms with Crippen LogP contribution >= 0.6 is 11.3 Å². The zero-order valence-electron chi connectivity index (χ0n) is 12.7. The lowest BCUT2D eigenvalue weighted by molar-refractivity contribution is 0.0476. The van der Waals surface area contributed by atoms with Gasteiger partial charge in [0.15, 0.2) is 11.5 Å². The molecule has 1 atom stereocenters. The van der Waals surface area contributed by atoms with Crippen molar-refractivity contribution in [3.63, 3.8) is 0 Å². The number of anilines is 1. The molecule has 3 rings (SSSR count). The third-order valence-electron chi connectivity index (χ3n) is 3.69. The van der Waals surface area contributed by atoms with Crippen LogP contribution in [0.2, 0.25) is 0 Å². The molecule has 2 aromatic rings. The summed E-state index contributed by atoms with van der Waals surface area (Å²) in [6.07, 6.45) is 2.05. The largest absolute Gasteiger partial charge is 0.459 e. The minimum Gasteiger partial charge on any atom is -0.459 e. The topological polar surface area (TPSA) is 68.2 Å². The Morgan fingerprint density at radius 3 is 2.95 bits per heavy atom. The number of esters is 1. The standard InChI is InChI=1S/C15H18N4O2S/c1-10-5-6-14(18-17-10)19-7-3-4-12(19)8-21-15(20)13-9-22-11(2)16-13/h5-6,9,12H,3-4,7-8H2,1-2H3/t12-/m1/s1. The van der Waals surface area contributed by atoms with Crippen LogP contribution in [-0.2, 0) is 4.74 Å². The lowest BCUT2D eigenvalue weighted by Crippen LogP contribution is -2.34. The van der Waals surface area contributed by atoms with Crippen LogP contribution in [0.5, 0.6) is 0 Å². The van der Waals surface area contributed by atoms with Crippen molar-refractivity contribution in [2.24, 2.45) is 0 Å². The monoisotopic (exact) mass is 318 g/mol. The van der Waals surface area contributed by atoms with Crippen molar-refractivity contribution in [3.05, 3.63) is 33.9 Å². The number of carbonyl (C=O) groups excluding carboxylic acids is 1. The lowest BCUT2D eigenvalue weighted by atomic mass is 10.2. The first-order valence-electron chi connectivity index (χ1n) is 7.30. The Morgan fingerprint density at radius 1 is 1.41 bits per heavy atom. The molecule has 22 heavy (non-hydrogen) atoms.